The van der Waals surface area contributed by atoms with Crippen molar-refractivity contribution in [3.05, 3.63) is 24.8 Å². The highest BCUT2D eigenvalue weighted by molar-refractivity contribution is 5.86. The standard InChI is InChI=1S/C15H28O2.C8H14O2/c1-3-5-6-7-8-9-10-11-12-13-14-17-15(16)4-2;1-6(2)5-10-8(9)7(3)4/h4H,2-3,5-14H2,1H3;6H,3,5H2,1-2,4H3. The minimum Gasteiger partial charge on any atom is -0.463 e. The molecule has 0 aromatic rings. The Hall–Kier alpha value is -1.58. The molecule has 4 heteroatoms. The van der Waals surface area contributed by atoms with Gasteiger partial charge in [-0.25, -0.2) is 9.59 Å². The number of ether oxygens (including phenoxy) is 2. The first kappa shape index (κ1) is 27.6. The van der Waals surface area contributed by atoms with Crippen molar-refractivity contribution < 1.29 is 19.1 Å². The number of carbonyl (C=O) groups is 2. The zero-order chi connectivity index (χ0) is 20.9. The van der Waals surface area contributed by atoms with Gasteiger partial charge < -0.3 is 9.47 Å². The van der Waals surface area contributed by atoms with Crippen LogP contribution in [0.3, 0.4) is 0 Å². The van der Waals surface area contributed by atoms with Gasteiger partial charge in [0.2, 0.25) is 0 Å². The Balaban J connectivity index is 0. The summed E-state index contributed by atoms with van der Waals surface area (Å²) in [7, 11) is 0. The number of hydrogen-bond donors (Lipinski definition) is 0. The van der Waals surface area contributed by atoms with E-state index in [0.717, 1.165) is 6.42 Å². The maximum atomic E-state index is 10.7. The first-order chi connectivity index (χ1) is 12.8. The third-order valence-electron chi connectivity index (χ3n) is 3.81. The molecule has 0 saturated heterocycles. The van der Waals surface area contributed by atoms with Crippen molar-refractivity contribution in [1.82, 2.24) is 0 Å². The van der Waals surface area contributed by atoms with Crippen LogP contribution in [0.1, 0.15) is 91.9 Å². The predicted molar refractivity (Wildman–Crippen MR) is 114 cm³/mol. The highest BCUT2D eigenvalue weighted by Crippen LogP contribution is 2.10. The number of hydrogen-bond acceptors (Lipinski definition) is 4. The molecular formula is C23H42O4. The molecule has 0 saturated carbocycles. The first-order valence-corrected chi connectivity index (χ1v) is 10.5. The smallest absolute Gasteiger partial charge is 0.333 e. The van der Waals surface area contributed by atoms with E-state index in [0.29, 0.717) is 24.7 Å². The lowest BCUT2D eigenvalue weighted by molar-refractivity contribution is -0.140. The van der Waals surface area contributed by atoms with E-state index in [1.165, 1.54) is 63.9 Å². The summed E-state index contributed by atoms with van der Waals surface area (Å²) in [5.74, 6) is -0.210. The van der Waals surface area contributed by atoms with Gasteiger partial charge in [-0.3, -0.25) is 0 Å². The van der Waals surface area contributed by atoms with E-state index >= 15 is 0 Å². The van der Waals surface area contributed by atoms with Gasteiger partial charge in [0, 0.05) is 11.6 Å². The van der Waals surface area contributed by atoms with Gasteiger partial charge in [-0.1, -0.05) is 91.7 Å². The minimum absolute atomic E-state index is 0.297. The molecule has 0 radical (unpaired) electrons. The SMILES string of the molecule is C=C(C)C(=O)OCC(C)C.C=CC(=O)OCCCCCCCCCCCC. The molecule has 4 nitrogen and oxygen atoms in total. The Kier molecular flexibility index (Phi) is 21.2. The molecule has 0 atom stereocenters. The zero-order valence-electron chi connectivity index (χ0n) is 18.2. The lowest BCUT2D eigenvalue weighted by atomic mass is 10.1. The fourth-order valence-electron chi connectivity index (χ4n) is 2.19. The maximum Gasteiger partial charge on any atom is 0.333 e. The molecule has 0 aliphatic heterocycles. The van der Waals surface area contributed by atoms with Gasteiger partial charge in [0.05, 0.1) is 13.2 Å². The van der Waals surface area contributed by atoms with E-state index in [9.17, 15) is 9.59 Å². The average Bonchev–Trinajstić information content (AvgIpc) is 2.64. The normalized spacial score (nSPS) is 9.96. The van der Waals surface area contributed by atoms with Crippen molar-refractivity contribution in [1.29, 1.82) is 0 Å². The van der Waals surface area contributed by atoms with Crippen LogP contribution >= 0.6 is 0 Å². The van der Waals surface area contributed by atoms with Gasteiger partial charge in [-0.05, 0) is 19.3 Å². The molecule has 0 unspecified atom stereocenters. The molecule has 0 heterocycles. The minimum atomic E-state index is -0.305. The average molecular weight is 383 g/mol. The van der Waals surface area contributed by atoms with E-state index in [4.69, 9.17) is 9.47 Å². The van der Waals surface area contributed by atoms with Gasteiger partial charge in [0.25, 0.3) is 0 Å². The number of esters is 2. The lowest BCUT2D eigenvalue weighted by Gasteiger charge is -2.05. The molecule has 0 aromatic heterocycles. The number of unbranched alkanes of at least 4 members (excludes halogenated alkanes) is 9. The molecule has 0 aliphatic carbocycles. The van der Waals surface area contributed by atoms with Crippen LogP contribution in [-0.4, -0.2) is 25.2 Å². The monoisotopic (exact) mass is 382 g/mol. The third-order valence-corrected chi connectivity index (χ3v) is 3.81. The van der Waals surface area contributed by atoms with Gasteiger partial charge in [0.15, 0.2) is 0 Å². The number of rotatable bonds is 15. The van der Waals surface area contributed by atoms with Crippen LogP contribution in [0.25, 0.3) is 0 Å². The second-order valence-electron chi connectivity index (χ2n) is 7.33. The molecule has 0 spiro atoms. The molecule has 0 bridgehead atoms. The zero-order valence-corrected chi connectivity index (χ0v) is 18.2. The summed E-state index contributed by atoms with van der Waals surface area (Å²) < 4.78 is 9.73. The van der Waals surface area contributed by atoms with Crippen LogP contribution in [0.15, 0.2) is 24.8 Å². The second-order valence-corrected chi connectivity index (χ2v) is 7.33. The van der Waals surface area contributed by atoms with Crippen molar-refractivity contribution in [2.45, 2.75) is 91.9 Å². The van der Waals surface area contributed by atoms with Crippen LogP contribution < -0.4 is 0 Å². The largest absolute Gasteiger partial charge is 0.463 e. The van der Waals surface area contributed by atoms with Gasteiger partial charge in [-0.15, -0.1) is 0 Å². The van der Waals surface area contributed by atoms with Crippen LogP contribution in [0.2, 0.25) is 0 Å². The summed E-state index contributed by atoms with van der Waals surface area (Å²) in [5, 5.41) is 0. The molecular weight excluding hydrogens is 340 g/mol. The third kappa shape index (κ3) is 24.4. The molecule has 0 aromatic carbocycles. The summed E-state index contributed by atoms with van der Waals surface area (Å²) in [6.45, 7) is 15.7. The Bertz CT molecular complexity index is 399. The highest BCUT2D eigenvalue weighted by atomic mass is 16.5. The summed E-state index contributed by atoms with van der Waals surface area (Å²) in [4.78, 5) is 21.5. The number of carbonyl (C=O) groups excluding carboxylic acids is 2. The Morgan fingerprint density at radius 2 is 1.37 bits per heavy atom. The van der Waals surface area contributed by atoms with Gasteiger partial charge in [0.1, 0.15) is 0 Å². The molecule has 0 rings (SSSR count). The van der Waals surface area contributed by atoms with Crippen LogP contribution in [-0.2, 0) is 19.1 Å². The van der Waals surface area contributed by atoms with E-state index in [-0.39, 0.29) is 11.9 Å². The maximum absolute atomic E-state index is 10.7. The quantitative estimate of drug-likeness (QED) is 0.187. The van der Waals surface area contributed by atoms with Crippen molar-refractivity contribution in [3.8, 4) is 0 Å². The molecule has 0 aliphatic rings. The van der Waals surface area contributed by atoms with Crippen molar-refractivity contribution in [2.24, 2.45) is 5.92 Å². The van der Waals surface area contributed by atoms with Gasteiger partial charge in [-0.2, -0.15) is 0 Å². The Labute approximate surface area is 167 Å². The van der Waals surface area contributed by atoms with Gasteiger partial charge >= 0.3 is 11.9 Å². The molecule has 0 N–H and O–H groups in total. The molecule has 27 heavy (non-hydrogen) atoms. The fraction of sp³-hybridized carbons (Fsp3) is 0.739. The summed E-state index contributed by atoms with van der Waals surface area (Å²) in [6, 6.07) is 0. The van der Waals surface area contributed by atoms with Crippen molar-refractivity contribution in [2.75, 3.05) is 13.2 Å². The summed E-state index contributed by atoms with van der Waals surface area (Å²) >= 11 is 0. The second kappa shape index (κ2) is 20.7. The summed E-state index contributed by atoms with van der Waals surface area (Å²) in [6.07, 6.45) is 14.2. The molecule has 0 amide bonds. The predicted octanol–water partition coefficient (Wildman–Crippen LogP) is 6.40. The van der Waals surface area contributed by atoms with E-state index in [1.807, 2.05) is 13.8 Å². The fourth-order valence-corrected chi connectivity index (χ4v) is 2.19. The van der Waals surface area contributed by atoms with Crippen molar-refractivity contribution >= 4 is 11.9 Å². The van der Waals surface area contributed by atoms with E-state index < -0.39 is 0 Å². The topological polar surface area (TPSA) is 52.6 Å². The van der Waals surface area contributed by atoms with Crippen LogP contribution in [0, 0.1) is 5.92 Å². The molecule has 158 valence electrons. The van der Waals surface area contributed by atoms with Crippen molar-refractivity contribution in [3.63, 3.8) is 0 Å². The molecule has 0 fully saturated rings. The Morgan fingerprint density at radius 3 is 1.78 bits per heavy atom. The Morgan fingerprint density at radius 1 is 0.889 bits per heavy atom. The van der Waals surface area contributed by atoms with Crippen LogP contribution in [0.4, 0.5) is 0 Å². The van der Waals surface area contributed by atoms with E-state index in [2.05, 4.69) is 20.1 Å². The lowest BCUT2D eigenvalue weighted by Crippen LogP contribution is -2.09. The highest BCUT2D eigenvalue weighted by Gasteiger charge is 2.03. The summed E-state index contributed by atoms with van der Waals surface area (Å²) in [5.41, 5.74) is 0.459. The first-order valence-electron chi connectivity index (χ1n) is 10.5. The van der Waals surface area contributed by atoms with Crippen LogP contribution in [0.5, 0.6) is 0 Å². The van der Waals surface area contributed by atoms with E-state index in [1.54, 1.807) is 6.92 Å².